The van der Waals surface area contributed by atoms with Crippen molar-refractivity contribution in [2.24, 2.45) is 0 Å². The number of hydrogen-bond acceptors (Lipinski definition) is 3. The SMILES string of the molecule is CCCCCCCCCCCCCCCCC(C1=[C-]CC=C1)[Si](OC)(OC)OC.[CH3-].[CH3-].[CH3-].[Pt+4]. The van der Waals surface area contributed by atoms with E-state index in [1.807, 2.05) is 0 Å². The molecule has 0 amide bonds. The Morgan fingerprint density at radius 3 is 1.45 bits per heavy atom. The van der Waals surface area contributed by atoms with E-state index in [-0.39, 0.29) is 48.9 Å². The van der Waals surface area contributed by atoms with Gasteiger partial charge in [-0.05, 0) is 6.42 Å². The molecule has 1 aliphatic rings. The minimum Gasteiger partial charge on any atom is -0.377 e. The van der Waals surface area contributed by atoms with Crippen LogP contribution in [-0.4, -0.2) is 30.1 Å². The van der Waals surface area contributed by atoms with Crippen LogP contribution < -0.4 is 0 Å². The van der Waals surface area contributed by atoms with E-state index in [0.717, 1.165) is 12.8 Å². The van der Waals surface area contributed by atoms with Crippen LogP contribution >= 0.6 is 0 Å². The van der Waals surface area contributed by atoms with Crippen molar-refractivity contribution in [1.29, 1.82) is 0 Å². The molecule has 1 aliphatic carbocycles. The molecule has 3 nitrogen and oxygen atoms in total. The Bertz CT molecular complexity index is 442. The molecule has 0 spiro atoms. The van der Waals surface area contributed by atoms with E-state index < -0.39 is 8.80 Å². The number of hydrogen-bond donors (Lipinski definition) is 0. The van der Waals surface area contributed by atoms with Crippen LogP contribution in [0.2, 0.25) is 5.54 Å². The standard InChI is InChI=1S/C25H47O3Si.3CH3.Pt/c1-5-6-7-8-9-10-11-12-13-14-15-16-17-18-23-25(24-21-19-20-22-24)29(26-2,27-3)28-4;;;;/h19,21,25H,5-18,20,23H2,1-4H3;3*1H3;/q4*-1;+4. The molecule has 0 aromatic rings. The van der Waals surface area contributed by atoms with Crippen LogP contribution in [-0.2, 0) is 34.3 Å². The van der Waals surface area contributed by atoms with Crippen molar-refractivity contribution in [2.45, 2.75) is 115 Å². The van der Waals surface area contributed by atoms with Gasteiger partial charge in [0.15, 0.2) is 0 Å². The van der Waals surface area contributed by atoms with E-state index in [0.29, 0.717) is 0 Å². The summed E-state index contributed by atoms with van der Waals surface area (Å²) in [5, 5.41) is 0. The number of unbranched alkanes of at least 4 members (excludes halogenated alkanes) is 13. The molecule has 1 rings (SSSR count). The Kier molecular flexibility index (Phi) is 32.9. The summed E-state index contributed by atoms with van der Waals surface area (Å²) in [6.07, 6.45) is 29.2. The average Bonchev–Trinajstić information content (AvgIpc) is 3.28. The number of rotatable bonds is 20. The topological polar surface area (TPSA) is 27.7 Å². The average molecular weight is 664 g/mol. The van der Waals surface area contributed by atoms with E-state index in [4.69, 9.17) is 13.3 Å². The second-order valence-corrected chi connectivity index (χ2v) is 11.5. The zero-order chi connectivity index (χ0) is 21.2. The maximum absolute atomic E-state index is 5.78. The molecule has 0 saturated heterocycles. The molecule has 1 unspecified atom stereocenters. The second kappa shape index (κ2) is 26.9. The molecule has 0 radical (unpaired) electrons. The zero-order valence-electron chi connectivity index (χ0n) is 23.1. The molecule has 0 aromatic heterocycles. The van der Waals surface area contributed by atoms with Crippen molar-refractivity contribution in [1.82, 2.24) is 0 Å². The molecule has 0 aromatic carbocycles. The molecule has 0 bridgehead atoms. The Balaban J connectivity index is -0.00000105. The van der Waals surface area contributed by atoms with Gasteiger partial charge in [-0.25, -0.2) is 11.6 Å². The Labute approximate surface area is 225 Å². The van der Waals surface area contributed by atoms with Gasteiger partial charge in [0.1, 0.15) is 0 Å². The first-order valence-electron chi connectivity index (χ1n) is 12.2. The van der Waals surface area contributed by atoms with E-state index in [1.54, 1.807) is 21.3 Å². The first-order valence-corrected chi connectivity index (χ1v) is 14.0. The molecule has 0 aliphatic heterocycles. The van der Waals surface area contributed by atoms with Gasteiger partial charge in [-0.3, -0.25) is 6.08 Å². The summed E-state index contributed by atoms with van der Waals surface area (Å²) in [5.41, 5.74) is 1.43. The van der Waals surface area contributed by atoms with Crippen LogP contribution in [0.4, 0.5) is 0 Å². The predicted octanol–water partition coefficient (Wildman–Crippen LogP) is 9.14. The molecule has 200 valence electrons. The second-order valence-electron chi connectivity index (χ2n) is 8.39. The molecular weight excluding hydrogens is 607 g/mol. The number of allylic oxidation sites excluding steroid dienone is 4. The van der Waals surface area contributed by atoms with E-state index in [1.165, 1.54) is 95.5 Å². The summed E-state index contributed by atoms with van der Waals surface area (Å²) in [5.74, 6) is 0. The van der Waals surface area contributed by atoms with Crippen molar-refractivity contribution in [3.05, 3.63) is 46.1 Å². The Morgan fingerprint density at radius 2 is 1.12 bits per heavy atom. The summed E-state index contributed by atoms with van der Waals surface area (Å²) >= 11 is 0. The van der Waals surface area contributed by atoms with Gasteiger partial charge in [0.25, 0.3) is 0 Å². The first-order chi connectivity index (χ1) is 14.2. The van der Waals surface area contributed by atoms with E-state index >= 15 is 0 Å². The van der Waals surface area contributed by atoms with Crippen molar-refractivity contribution < 1.29 is 34.3 Å². The summed E-state index contributed by atoms with van der Waals surface area (Å²) in [7, 11) is 2.49. The molecule has 0 heterocycles. The van der Waals surface area contributed by atoms with Crippen molar-refractivity contribution in [3.8, 4) is 0 Å². The minimum atomic E-state index is -2.67. The Hall–Kier alpha value is 0.265. The summed E-state index contributed by atoms with van der Waals surface area (Å²) in [4.78, 5) is 0. The maximum Gasteiger partial charge on any atom is 4.00 e. The fourth-order valence-electron chi connectivity index (χ4n) is 4.40. The van der Waals surface area contributed by atoms with Gasteiger partial charge in [0.05, 0.1) is 0 Å². The molecule has 0 N–H and O–H groups in total. The summed E-state index contributed by atoms with van der Waals surface area (Å²) in [6.45, 7) is 2.29. The van der Waals surface area contributed by atoms with E-state index in [2.05, 4.69) is 25.2 Å². The van der Waals surface area contributed by atoms with E-state index in [9.17, 15) is 0 Å². The quantitative estimate of drug-likeness (QED) is 0.0739. The van der Waals surface area contributed by atoms with Gasteiger partial charge in [0.2, 0.25) is 0 Å². The van der Waals surface area contributed by atoms with Gasteiger partial charge in [-0.15, -0.1) is 6.42 Å². The molecule has 0 saturated carbocycles. The van der Waals surface area contributed by atoms with Crippen LogP contribution in [0.15, 0.2) is 17.7 Å². The van der Waals surface area contributed by atoms with Crippen LogP contribution in [0.25, 0.3) is 0 Å². The normalized spacial score (nSPS) is 13.3. The van der Waals surface area contributed by atoms with Crippen LogP contribution in [0.3, 0.4) is 0 Å². The summed E-state index contributed by atoms with van der Waals surface area (Å²) < 4.78 is 17.3. The first kappa shape index (κ1) is 40.4. The monoisotopic (exact) mass is 663 g/mol. The third kappa shape index (κ3) is 16.5. The van der Waals surface area contributed by atoms with Gasteiger partial charge in [-0.2, -0.15) is 6.08 Å². The van der Waals surface area contributed by atoms with Gasteiger partial charge in [-0.1, -0.05) is 96.8 Å². The third-order valence-electron chi connectivity index (χ3n) is 6.22. The molecule has 33 heavy (non-hydrogen) atoms. The van der Waals surface area contributed by atoms with Crippen LogP contribution in [0, 0.1) is 28.4 Å². The predicted molar refractivity (Wildman–Crippen MR) is 145 cm³/mol. The molecule has 1 atom stereocenters. The summed E-state index contributed by atoms with van der Waals surface area (Å²) in [6, 6.07) is 0. The fraction of sp³-hybridized carbons (Fsp3) is 0.750. The van der Waals surface area contributed by atoms with Crippen molar-refractivity contribution in [3.63, 3.8) is 0 Å². The van der Waals surface area contributed by atoms with Gasteiger partial charge in [0, 0.05) is 26.9 Å². The van der Waals surface area contributed by atoms with Gasteiger partial charge >= 0.3 is 29.9 Å². The Morgan fingerprint density at radius 1 is 0.727 bits per heavy atom. The van der Waals surface area contributed by atoms with Crippen molar-refractivity contribution >= 4 is 8.80 Å². The third-order valence-corrected chi connectivity index (χ3v) is 9.38. The molecule has 0 fully saturated rings. The minimum absolute atomic E-state index is 0. The molecule has 5 heteroatoms. The van der Waals surface area contributed by atoms with Gasteiger partial charge < -0.3 is 35.6 Å². The van der Waals surface area contributed by atoms with Crippen LogP contribution in [0.1, 0.15) is 110 Å². The zero-order valence-corrected chi connectivity index (χ0v) is 26.4. The van der Waals surface area contributed by atoms with Crippen LogP contribution in [0.5, 0.6) is 0 Å². The maximum atomic E-state index is 5.78. The largest absolute Gasteiger partial charge is 4.00 e. The smallest absolute Gasteiger partial charge is 0.377 e. The molecular formula is C28H56O3PtSi. The fourth-order valence-corrected chi connectivity index (χ4v) is 6.89. The van der Waals surface area contributed by atoms with Crippen molar-refractivity contribution in [2.75, 3.05) is 21.3 Å².